The molecule has 0 saturated heterocycles. The molecule has 0 spiro atoms. The largest absolute Gasteiger partial charge is 0.463 e. The molecule has 1 aliphatic rings. The van der Waals surface area contributed by atoms with Crippen LogP contribution < -0.4 is 10.1 Å². The molecule has 4 rings (SSSR count). The highest BCUT2D eigenvalue weighted by Gasteiger charge is 2.48. The van der Waals surface area contributed by atoms with Gasteiger partial charge in [0.25, 0.3) is 0 Å². The molecule has 1 heterocycles. The van der Waals surface area contributed by atoms with Crippen molar-refractivity contribution in [1.29, 1.82) is 0 Å². The van der Waals surface area contributed by atoms with Crippen LogP contribution in [0, 0.1) is 0 Å². The van der Waals surface area contributed by atoms with Crippen LogP contribution in [-0.2, 0) is 32.7 Å². The van der Waals surface area contributed by atoms with Gasteiger partial charge in [0.05, 0.1) is 0 Å². The Morgan fingerprint density at radius 1 is 1.05 bits per heavy atom. The van der Waals surface area contributed by atoms with E-state index in [2.05, 4.69) is 11.9 Å². The number of benzene rings is 3. The van der Waals surface area contributed by atoms with E-state index in [4.69, 9.17) is 14.2 Å². The van der Waals surface area contributed by atoms with Crippen molar-refractivity contribution in [2.45, 2.75) is 57.1 Å². The predicted octanol–water partition coefficient (Wildman–Crippen LogP) is 5.05. The zero-order chi connectivity index (χ0) is 27.3. The van der Waals surface area contributed by atoms with Crippen molar-refractivity contribution in [2.75, 3.05) is 0 Å². The van der Waals surface area contributed by atoms with Crippen LogP contribution in [0.25, 0.3) is 0 Å². The van der Waals surface area contributed by atoms with Crippen molar-refractivity contribution < 1.29 is 28.9 Å². The molecule has 3 atom stereocenters. The fraction of sp³-hybridized carbons (Fsp3) is 0.290. The van der Waals surface area contributed by atoms with Crippen LogP contribution in [0.5, 0.6) is 5.75 Å². The monoisotopic (exact) mass is 515 g/mol. The summed E-state index contributed by atoms with van der Waals surface area (Å²) < 4.78 is 16.7. The molecule has 1 amide bonds. The topological polar surface area (TPSA) is 94.1 Å². The average Bonchev–Trinajstić information content (AvgIpc) is 3.18. The van der Waals surface area contributed by atoms with E-state index in [0.717, 1.165) is 22.3 Å². The Bertz CT molecular complexity index is 1280. The third-order valence-corrected chi connectivity index (χ3v) is 6.33. The zero-order valence-corrected chi connectivity index (χ0v) is 21.8. The third kappa shape index (κ3) is 5.89. The van der Waals surface area contributed by atoms with E-state index in [9.17, 15) is 14.7 Å². The maximum absolute atomic E-state index is 13.1. The Morgan fingerprint density at radius 3 is 2.34 bits per heavy atom. The summed E-state index contributed by atoms with van der Waals surface area (Å²) in [6.45, 7) is 9.36. The van der Waals surface area contributed by atoms with Gasteiger partial charge in [-0.25, -0.2) is 9.59 Å². The first-order chi connectivity index (χ1) is 18.1. The molecule has 0 bridgehead atoms. The molecule has 2 unspecified atom stereocenters. The van der Waals surface area contributed by atoms with Gasteiger partial charge in [-0.15, -0.1) is 6.58 Å². The van der Waals surface area contributed by atoms with E-state index < -0.39 is 35.4 Å². The van der Waals surface area contributed by atoms with E-state index >= 15 is 0 Å². The zero-order valence-electron chi connectivity index (χ0n) is 21.8. The van der Waals surface area contributed by atoms with Gasteiger partial charge in [0.1, 0.15) is 29.4 Å². The molecule has 3 aromatic rings. The Kier molecular flexibility index (Phi) is 7.88. The molecular weight excluding hydrogens is 482 g/mol. The Labute approximate surface area is 223 Å². The summed E-state index contributed by atoms with van der Waals surface area (Å²) in [7, 11) is 0. The van der Waals surface area contributed by atoms with Gasteiger partial charge < -0.3 is 24.6 Å². The molecule has 2 N–H and O–H groups in total. The van der Waals surface area contributed by atoms with Gasteiger partial charge >= 0.3 is 12.1 Å². The highest BCUT2D eigenvalue weighted by Crippen LogP contribution is 2.48. The van der Waals surface area contributed by atoms with Crippen LogP contribution in [0.1, 0.15) is 43.0 Å². The number of esters is 1. The lowest BCUT2D eigenvalue weighted by Crippen LogP contribution is -2.45. The van der Waals surface area contributed by atoms with Crippen LogP contribution in [0.2, 0.25) is 0 Å². The molecule has 198 valence electrons. The Hall–Kier alpha value is -4.10. The molecule has 7 nitrogen and oxygen atoms in total. The van der Waals surface area contributed by atoms with Crippen LogP contribution in [0.4, 0.5) is 4.79 Å². The number of carbonyl (C=O) groups is 2. The van der Waals surface area contributed by atoms with Crippen molar-refractivity contribution in [1.82, 2.24) is 5.32 Å². The summed E-state index contributed by atoms with van der Waals surface area (Å²) in [5, 5.41) is 13.6. The number of carbonyl (C=O) groups excluding carboxylic acids is 2. The van der Waals surface area contributed by atoms with Gasteiger partial charge in [-0.3, -0.25) is 0 Å². The van der Waals surface area contributed by atoms with Crippen molar-refractivity contribution in [2.24, 2.45) is 0 Å². The molecule has 3 aromatic carbocycles. The second-order valence-corrected chi connectivity index (χ2v) is 10.2. The lowest BCUT2D eigenvalue weighted by molar-refractivity contribution is -0.157. The van der Waals surface area contributed by atoms with E-state index in [1.165, 1.54) is 0 Å². The molecule has 1 aliphatic heterocycles. The number of alkyl carbamates (subject to hydrolysis) is 1. The number of aliphatic hydroxyl groups is 1. The van der Waals surface area contributed by atoms with E-state index in [1.54, 1.807) is 39.0 Å². The minimum atomic E-state index is -1.17. The molecule has 38 heavy (non-hydrogen) atoms. The molecule has 0 radical (unpaired) electrons. The second kappa shape index (κ2) is 11.1. The fourth-order valence-electron chi connectivity index (χ4n) is 4.53. The predicted molar refractivity (Wildman–Crippen MR) is 144 cm³/mol. The van der Waals surface area contributed by atoms with Crippen molar-refractivity contribution in [3.63, 3.8) is 0 Å². The summed E-state index contributed by atoms with van der Waals surface area (Å²) >= 11 is 0. The summed E-state index contributed by atoms with van der Waals surface area (Å²) in [6, 6.07) is 23.2. The van der Waals surface area contributed by atoms with Crippen molar-refractivity contribution in [3.8, 4) is 5.75 Å². The smallest absolute Gasteiger partial charge is 0.408 e. The van der Waals surface area contributed by atoms with Crippen LogP contribution in [0.3, 0.4) is 0 Å². The van der Waals surface area contributed by atoms with Gasteiger partial charge in [-0.2, -0.15) is 0 Å². The summed E-state index contributed by atoms with van der Waals surface area (Å²) in [6.07, 6.45) is -0.0804. The highest BCUT2D eigenvalue weighted by atomic mass is 16.6. The molecule has 0 aromatic heterocycles. The highest BCUT2D eigenvalue weighted by molar-refractivity contribution is 5.82. The number of amides is 1. The SMILES string of the molecule is C=CC1(c2ccccc2)c2cc(C[C@H](NC(=O)OCc3ccccc3)C(=O)OC(C)(C)C)ccc2OC1O. The number of hydrogen-bond donors (Lipinski definition) is 2. The molecule has 0 aliphatic carbocycles. The summed E-state index contributed by atoms with van der Waals surface area (Å²) in [4.78, 5) is 25.7. The number of rotatable bonds is 8. The molecule has 0 saturated carbocycles. The first kappa shape index (κ1) is 26.9. The van der Waals surface area contributed by atoms with Crippen LogP contribution in [-0.4, -0.2) is 35.1 Å². The summed E-state index contributed by atoms with van der Waals surface area (Å²) in [5.74, 6) is -0.0574. The minimum Gasteiger partial charge on any atom is -0.463 e. The number of fused-ring (bicyclic) bond motifs is 1. The normalized spacial score (nSPS) is 19.0. The maximum atomic E-state index is 13.1. The average molecular weight is 516 g/mol. The number of nitrogens with one attached hydrogen (secondary N) is 1. The number of ether oxygens (including phenoxy) is 3. The van der Waals surface area contributed by atoms with Crippen molar-refractivity contribution >= 4 is 12.1 Å². The van der Waals surface area contributed by atoms with Gasteiger partial charge in [0.2, 0.25) is 6.29 Å². The standard InChI is InChI=1S/C31H33NO6/c1-5-31(23-14-10-7-11-15-23)24-18-22(16-17-26(24)37-28(31)34)19-25(27(33)38-30(2,3)4)32-29(35)36-20-21-12-8-6-9-13-21/h5-18,25,28,34H,1,19-20H2,2-4H3,(H,32,35)/t25-,28?,31?/m0/s1. The van der Waals surface area contributed by atoms with E-state index in [1.807, 2.05) is 66.7 Å². The Morgan fingerprint density at radius 2 is 1.71 bits per heavy atom. The number of aliphatic hydroxyl groups excluding tert-OH is 1. The van der Waals surface area contributed by atoms with Gasteiger partial charge in [0.15, 0.2) is 0 Å². The van der Waals surface area contributed by atoms with E-state index in [0.29, 0.717) is 5.75 Å². The number of hydrogen-bond acceptors (Lipinski definition) is 6. The quantitative estimate of drug-likeness (QED) is 0.322. The molecule has 7 heteroatoms. The minimum absolute atomic E-state index is 0.0702. The molecular formula is C31H33NO6. The Balaban J connectivity index is 1.59. The van der Waals surface area contributed by atoms with Gasteiger partial charge in [-0.05, 0) is 43.5 Å². The maximum Gasteiger partial charge on any atom is 0.408 e. The first-order valence-electron chi connectivity index (χ1n) is 12.5. The first-order valence-corrected chi connectivity index (χ1v) is 12.5. The van der Waals surface area contributed by atoms with Crippen LogP contribution >= 0.6 is 0 Å². The lowest BCUT2D eigenvalue weighted by atomic mass is 9.74. The summed E-state index contributed by atoms with van der Waals surface area (Å²) in [5.41, 5.74) is 1.38. The fourth-order valence-corrected chi connectivity index (χ4v) is 4.53. The van der Waals surface area contributed by atoms with Gasteiger partial charge in [0, 0.05) is 12.0 Å². The van der Waals surface area contributed by atoms with Crippen molar-refractivity contribution in [3.05, 3.63) is 114 Å². The third-order valence-electron chi connectivity index (χ3n) is 6.33. The van der Waals surface area contributed by atoms with Crippen LogP contribution in [0.15, 0.2) is 91.5 Å². The molecule has 0 fully saturated rings. The van der Waals surface area contributed by atoms with E-state index in [-0.39, 0.29) is 13.0 Å². The van der Waals surface area contributed by atoms with Gasteiger partial charge in [-0.1, -0.05) is 78.9 Å². The lowest BCUT2D eigenvalue weighted by Gasteiger charge is -2.29. The second-order valence-electron chi connectivity index (χ2n) is 10.2.